The van der Waals surface area contributed by atoms with Gasteiger partial charge in [-0.15, -0.1) is 0 Å². The molecular weight excluding hydrogens is 465 g/mol. The average molecular weight is 489 g/mol. The first-order valence-electron chi connectivity index (χ1n) is 7.84. The van der Waals surface area contributed by atoms with Gasteiger partial charge in [-0.1, -0.05) is 67.6 Å². The summed E-state index contributed by atoms with van der Waals surface area (Å²) in [7, 11) is 9.46. The van der Waals surface area contributed by atoms with Crippen LogP contribution in [0.15, 0.2) is 60.7 Å². The van der Waals surface area contributed by atoms with Crippen molar-refractivity contribution in [2.75, 3.05) is 30.8 Å². The molecule has 24 heavy (non-hydrogen) atoms. The van der Waals surface area contributed by atoms with Gasteiger partial charge in [-0.2, -0.15) is 11.8 Å². The quantitative estimate of drug-likeness (QED) is 0.308. The van der Waals surface area contributed by atoms with Crippen molar-refractivity contribution in [2.45, 2.75) is 6.92 Å². The molecular formula is C18H24Cl2NPRuS. The molecule has 0 saturated carbocycles. The molecule has 0 saturated heterocycles. The van der Waals surface area contributed by atoms with Crippen LogP contribution >= 0.6 is 39.1 Å². The van der Waals surface area contributed by atoms with E-state index in [1.807, 2.05) is 11.8 Å². The van der Waals surface area contributed by atoms with Gasteiger partial charge in [-0.25, -0.2) is 0 Å². The van der Waals surface area contributed by atoms with Crippen LogP contribution in [0.2, 0.25) is 0 Å². The van der Waals surface area contributed by atoms with Crippen molar-refractivity contribution in [3.63, 3.8) is 0 Å². The Morgan fingerprint density at radius 2 is 1.42 bits per heavy atom. The van der Waals surface area contributed by atoms with Gasteiger partial charge in [0, 0.05) is 12.3 Å². The topological polar surface area (TPSA) is 12.0 Å². The van der Waals surface area contributed by atoms with Crippen molar-refractivity contribution in [1.82, 2.24) is 5.32 Å². The van der Waals surface area contributed by atoms with Crippen molar-refractivity contribution in [3.8, 4) is 0 Å². The summed E-state index contributed by atoms with van der Waals surface area (Å²) in [6.07, 6.45) is 1.21. The number of hydrogen-bond donors (Lipinski definition) is 1. The summed E-state index contributed by atoms with van der Waals surface area (Å²) in [5.41, 5.74) is 0. The van der Waals surface area contributed by atoms with Crippen LogP contribution in [-0.2, 0) is 15.1 Å². The number of rotatable bonds is 9. The van der Waals surface area contributed by atoms with Crippen LogP contribution in [0.4, 0.5) is 0 Å². The fourth-order valence-corrected chi connectivity index (χ4v) is 5.07. The molecule has 0 heterocycles. The van der Waals surface area contributed by atoms with Crippen LogP contribution in [0.1, 0.15) is 6.92 Å². The number of nitrogens with one attached hydrogen (secondary N) is 1. The van der Waals surface area contributed by atoms with E-state index in [0.717, 1.165) is 13.1 Å². The van der Waals surface area contributed by atoms with Gasteiger partial charge in [0.2, 0.25) is 0 Å². The molecule has 2 rings (SSSR count). The zero-order valence-corrected chi connectivity index (χ0v) is 18.7. The maximum absolute atomic E-state index is 4.85. The minimum absolute atomic E-state index is 0.245. The van der Waals surface area contributed by atoms with Crippen LogP contribution in [0.3, 0.4) is 0 Å². The summed E-state index contributed by atoms with van der Waals surface area (Å²) in [6.45, 7) is 4.43. The van der Waals surface area contributed by atoms with Gasteiger partial charge in [0.15, 0.2) is 0 Å². The third-order valence-corrected chi connectivity index (χ3v) is 6.69. The molecule has 1 nitrogen and oxygen atoms in total. The standard InChI is InChI=1S/C18H24NPS.2ClH.Ru/c1-2-21-16-14-19-13-15-20(17-9-5-3-6-10-17)18-11-7-4-8-12-18;;;/h3-12,19H,2,13-16H2,1H3;2*1H;/q;;;+2/p-2. The van der Waals surface area contributed by atoms with E-state index in [1.54, 1.807) is 0 Å². The second-order valence-corrected chi connectivity index (χ2v) is 11.2. The number of hydrogen-bond acceptors (Lipinski definition) is 2. The van der Waals surface area contributed by atoms with Gasteiger partial charge in [-0.3, -0.25) is 0 Å². The fourth-order valence-electron chi connectivity index (χ4n) is 2.23. The molecule has 0 unspecified atom stereocenters. The van der Waals surface area contributed by atoms with Crippen LogP contribution in [0.5, 0.6) is 0 Å². The molecule has 6 heteroatoms. The monoisotopic (exact) mass is 489 g/mol. The third-order valence-electron chi connectivity index (χ3n) is 3.28. The van der Waals surface area contributed by atoms with E-state index in [1.165, 1.54) is 28.3 Å². The molecule has 0 bridgehead atoms. The van der Waals surface area contributed by atoms with Crippen molar-refractivity contribution in [3.05, 3.63) is 60.7 Å². The van der Waals surface area contributed by atoms with Crippen LogP contribution in [0.25, 0.3) is 0 Å². The van der Waals surface area contributed by atoms with E-state index in [-0.39, 0.29) is 23.1 Å². The summed E-state index contributed by atoms with van der Waals surface area (Å²) in [6, 6.07) is 21.9. The molecule has 2 aromatic carbocycles. The van der Waals surface area contributed by atoms with E-state index in [0.29, 0.717) is 0 Å². The number of thioether (sulfide) groups is 1. The van der Waals surface area contributed by atoms with Gasteiger partial charge in [0.05, 0.1) is 0 Å². The van der Waals surface area contributed by atoms with Gasteiger partial charge in [0.1, 0.15) is 0 Å². The second kappa shape index (κ2) is 15.6. The predicted molar refractivity (Wildman–Crippen MR) is 112 cm³/mol. The third kappa shape index (κ3) is 9.76. The molecule has 0 fully saturated rings. The van der Waals surface area contributed by atoms with Crippen LogP contribution in [0, 0.1) is 0 Å². The first-order valence-corrected chi connectivity index (χ1v) is 15.0. The van der Waals surface area contributed by atoms with Gasteiger partial charge in [-0.05, 0) is 37.0 Å². The van der Waals surface area contributed by atoms with Crippen molar-refractivity contribution >= 4 is 49.7 Å². The molecule has 0 aliphatic carbocycles. The Hall–Kier alpha value is 0.383. The van der Waals surface area contributed by atoms with Crippen LogP contribution < -0.4 is 15.9 Å². The zero-order chi connectivity index (χ0) is 17.5. The van der Waals surface area contributed by atoms with Crippen molar-refractivity contribution in [2.24, 2.45) is 0 Å². The molecule has 1 N–H and O–H groups in total. The van der Waals surface area contributed by atoms with Gasteiger partial charge in [0.25, 0.3) is 0 Å². The summed E-state index contributed by atoms with van der Waals surface area (Å²) in [5.74, 6) is 2.42. The van der Waals surface area contributed by atoms with E-state index in [4.69, 9.17) is 19.4 Å². The molecule has 0 aromatic heterocycles. The normalized spacial score (nSPS) is 10.5. The van der Waals surface area contributed by atoms with Crippen molar-refractivity contribution < 1.29 is 15.1 Å². The second-order valence-electron chi connectivity index (χ2n) is 4.82. The Labute approximate surface area is 167 Å². The first kappa shape index (κ1) is 22.4. The predicted octanol–water partition coefficient (Wildman–Crippen LogP) is 4.84. The first-order chi connectivity index (χ1) is 11.8. The Kier molecular flexibility index (Phi) is 14.6. The SMILES string of the molecule is CCSCCNCCP(c1ccccc1)c1ccccc1.[Cl][Ru][Cl]. The minimum atomic E-state index is -0.346. The Morgan fingerprint density at radius 3 is 1.88 bits per heavy atom. The Morgan fingerprint density at radius 1 is 0.917 bits per heavy atom. The van der Waals surface area contributed by atoms with Crippen LogP contribution in [-0.4, -0.2) is 30.8 Å². The molecule has 0 amide bonds. The molecule has 0 spiro atoms. The number of benzene rings is 2. The Balaban J connectivity index is 0.000000891. The van der Waals surface area contributed by atoms with Gasteiger partial charge >= 0.3 is 34.5 Å². The molecule has 0 aliphatic heterocycles. The summed E-state index contributed by atoms with van der Waals surface area (Å²) in [5, 5.41) is 6.54. The average Bonchev–Trinajstić information content (AvgIpc) is 2.63. The van der Waals surface area contributed by atoms with E-state index in [9.17, 15) is 0 Å². The zero-order valence-electron chi connectivity index (χ0n) is 13.8. The molecule has 0 radical (unpaired) electrons. The summed E-state index contributed by atoms with van der Waals surface area (Å²) >= 11 is 1.66. The molecule has 2 aromatic rings. The summed E-state index contributed by atoms with van der Waals surface area (Å²) < 4.78 is 0. The molecule has 0 atom stereocenters. The van der Waals surface area contributed by atoms with Gasteiger partial charge < -0.3 is 5.32 Å². The van der Waals surface area contributed by atoms with E-state index >= 15 is 0 Å². The molecule has 0 aliphatic rings. The fraction of sp³-hybridized carbons (Fsp3) is 0.333. The molecule has 134 valence electrons. The van der Waals surface area contributed by atoms with Crippen molar-refractivity contribution in [1.29, 1.82) is 0 Å². The van der Waals surface area contributed by atoms with E-state index in [2.05, 4.69) is 72.9 Å². The summed E-state index contributed by atoms with van der Waals surface area (Å²) in [4.78, 5) is 0. The van der Waals surface area contributed by atoms with E-state index < -0.39 is 0 Å². The Bertz CT molecular complexity index is 479. The maximum atomic E-state index is 4.85. The number of halogens is 2.